The second-order valence-corrected chi connectivity index (χ2v) is 16.3. The average Bonchev–Trinajstić information content (AvgIpc) is 3.88. The Labute approximate surface area is 368 Å². The van der Waals surface area contributed by atoms with Crippen molar-refractivity contribution in [2.45, 2.75) is 0 Å². The van der Waals surface area contributed by atoms with E-state index in [9.17, 15) is 0 Å². The van der Waals surface area contributed by atoms with Gasteiger partial charge in [0.15, 0.2) is 17.5 Å². The van der Waals surface area contributed by atoms with Crippen molar-refractivity contribution in [3.05, 3.63) is 218 Å². The van der Waals surface area contributed by atoms with Crippen molar-refractivity contribution in [3.8, 4) is 56.8 Å². The number of para-hydroxylation sites is 4. The predicted octanol–water partition coefficient (Wildman–Crippen LogP) is 14.4. The molecule has 64 heavy (non-hydrogen) atoms. The summed E-state index contributed by atoms with van der Waals surface area (Å²) in [5.41, 5.74) is 12.3. The molecule has 0 bridgehead atoms. The molecule has 0 aliphatic rings. The zero-order valence-corrected chi connectivity index (χ0v) is 34.5. The van der Waals surface area contributed by atoms with E-state index in [0.29, 0.717) is 17.5 Å². The van der Waals surface area contributed by atoms with E-state index < -0.39 is 0 Å². The molecule has 0 amide bonds. The molecule has 0 saturated heterocycles. The van der Waals surface area contributed by atoms with Crippen molar-refractivity contribution in [3.63, 3.8) is 0 Å². The first-order chi connectivity index (χ1) is 31.7. The molecule has 0 atom stereocenters. The van der Waals surface area contributed by atoms with E-state index >= 15 is 0 Å². The molecule has 0 spiro atoms. The molecule has 0 fully saturated rings. The molecule has 9 aromatic carbocycles. The molecule has 13 aromatic rings. The van der Waals surface area contributed by atoms with E-state index in [4.69, 9.17) is 19.9 Å². The van der Waals surface area contributed by atoms with Gasteiger partial charge in [0.1, 0.15) is 0 Å². The molecule has 6 nitrogen and oxygen atoms in total. The van der Waals surface area contributed by atoms with E-state index in [2.05, 4.69) is 209 Å². The molecule has 298 valence electrons. The lowest BCUT2D eigenvalue weighted by molar-refractivity contribution is 1.07. The molecule has 4 aromatic heterocycles. The lowest BCUT2D eigenvalue weighted by Gasteiger charge is -2.13. The maximum atomic E-state index is 5.28. The van der Waals surface area contributed by atoms with Crippen molar-refractivity contribution in [1.82, 2.24) is 29.1 Å². The minimum absolute atomic E-state index is 0.601. The Morgan fingerprint density at radius 1 is 0.250 bits per heavy atom. The van der Waals surface area contributed by atoms with Gasteiger partial charge in [-0.05, 0) is 66.0 Å². The summed E-state index contributed by atoms with van der Waals surface area (Å²) < 4.78 is 4.70. The van der Waals surface area contributed by atoms with Gasteiger partial charge in [0.25, 0.3) is 0 Å². The van der Waals surface area contributed by atoms with Gasteiger partial charge >= 0.3 is 0 Å². The van der Waals surface area contributed by atoms with Gasteiger partial charge in [-0.1, -0.05) is 158 Å². The fourth-order valence-electron chi connectivity index (χ4n) is 9.61. The van der Waals surface area contributed by atoms with Crippen molar-refractivity contribution in [1.29, 1.82) is 0 Å². The minimum atomic E-state index is 0.601. The molecular formula is C58H36N6. The number of benzene rings is 9. The predicted molar refractivity (Wildman–Crippen MR) is 263 cm³/mol. The number of nitrogens with zero attached hydrogens (tertiary/aromatic N) is 6. The van der Waals surface area contributed by atoms with Crippen LogP contribution >= 0.6 is 0 Å². The summed E-state index contributed by atoms with van der Waals surface area (Å²) in [6.07, 6.45) is 0. The second kappa shape index (κ2) is 14.4. The molecule has 13 rings (SSSR count). The first-order valence-corrected chi connectivity index (χ1v) is 21.6. The van der Waals surface area contributed by atoms with E-state index in [1.807, 2.05) is 18.2 Å². The average molecular weight is 817 g/mol. The summed E-state index contributed by atoms with van der Waals surface area (Å²) in [6.45, 7) is 0. The highest BCUT2D eigenvalue weighted by Gasteiger charge is 2.20. The SMILES string of the molecule is c1ccc(-c2nc(-c3cccc(-n4c5ccccc5c5ccccc54)c3)nc(-c3ccc4c5cc6c(cc5n(-c5ccccc5)c4c3)c(-c3ccccc3)nc3ccccc36)n2)cc1. The maximum absolute atomic E-state index is 5.28. The zero-order chi connectivity index (χ0) is 42.1. The number of rotatable bonds is 6. The standard InChI is InChI=1S/C58H36N6/c1-4-17-37(18-5-1)55-49-36-54-48(35-47(49)43-25-10-13-28-50(43)59-55)46-32-31-40(34-53(46)63(54)41-22-8-3-9-23-41)58-61-56(38-19-6-2-7-20-38)60-57(62-58)39-21-16-24-42(33-39)64-51-29-14-11-26-44(51)45-27-12-15-30-52(45)64/h1-36H. The van der Waals surface area contributed by atoms with Gasteiger partial charge in [0.05, 0.1) is 33.3 Å². The molecule has 0 aliphatic carbocycles. The molecule has 0 radical (unpaired) electrons. The third-order valence-electron chi connectivity index (χ3n) is 12.5. The van der Waals surface area contributed by atoms with Crippen LogP contribution in [0.3, 0.4) is 0 Å². The highest BCUT2D eigenvalue weighted by atomic mass is 15.0. The minimum Gasteiger partial charge on any atom is -0.309 e. The Kier molecular flexibility index (Phi) is 8.11. The van der Waals surface area contributed by atoms with Gasteiger partial charge in [0.2, 0.25) is 0 Å². The third-order valence-corrected chi connectivity index (χ3v) is 12.5. The fourth-order valence-corrected chi connectivity index (χ4v) is 9.61. The van der Waals surface area contributed by atoms with Crippen LogP contribution in [0.1, 0.15) is 0 Å². The van der Waals surface area contributed by atoms with Crippen molar-refractivity contribution < 1.29 is 0 Å². The summed E-state index contributed by atoms with van der Waals surface area (Å²) >= 11 is 0. The fraction of sp³-hybridized carbons (Fsp3) is 0. The highest BCUT2D eigenvalue weighted by molar-refractivity contribution is 6.20. The Morgan fingerprint density at radius 3 is 1.45 bits per heavy atom. The first kappa shape index (κ1) is 36.0. The Bertz CT molecular complexity index is 3890. The van der Waals surface area contributed by atoms with Crippen LogP contribution in [0.15, 0.2) is 218 Å². The first-order valence-electron chi connectivity index (χ1n) is 21.6. The number of hydrogen-bond acceptors (Lipinski definition) is 4. The topological polar surface area (TPSA) is 61.4 Å². The zero-order valence-electron chi connectivity index (χ0n) is 34.5. The number of fused-ring (bicyclic) bond motifs is 9. The summed E-state index contributed by atoms with van der Waals surface area (Å²) in [5, 5.41) is 8.15. The summed E-state index contributed by atoms with van der Waals surface area (Å²) in [6, 6.07) is 76.8. The lowest BCUT2D eigenvalue weighted by atomic mass is 9.98. The monoisotopic (exact) mass is 816 g/mol. The maximum Gasteiger partial charge on any atom is 0.164 e. The lowest BCUT2D eigenvalue weighted by Crippen LogP contribution is -2.01. The molecular weight excluding hydrogens is 781 g/mol. The smallest absolute Gasteiger partial charge is 0.164 e. The van der Waals surface area contributed by atoms with Gasteiger partial charge < -0.3 is 9.13 Å². The van der Waals surface area contributed by atoms with Crippen molar-refractivity contribution >= 4 is 65.3 Å². The number of pyridine rings is 1. The molecule has 0 aliphatic heterocycles. The Balaban J connectivity index is 1.04. The van der Waals surface area contributed by atoms with Crippen LogP contribution in [0, 0.1) is 0 Å². The molecule has 0 saturated carbocycles. The summed E-state index contributed by atoms with van der Waals surface area (Å²) in [5.74, 6) is 1.82. The molecule has 4 heterocycles. The Morgan fingerprint density at radius 2 is 0.750 bits per heavy atom. The van der Waals surface area contributed by atoms with Gasteiger partial charge in [-0.25, -0.2) is 19.9 Å². The quantitative estimate of drug-likeness (QED) is 0.157. The van der Waals surface area contributed by atoms with Gasteiger partial charge in [-0.2, -0.15) is 0 Å². The van der Waals surface area contributed by atoms with Crippen LogP contribution in [0.25, 0.3) is 122 Å². The van der Waals surface area contributed by atoms with E-state index in [0.717, 1.165) is 88.5 Å². The van der Waals surface area contributed by atoms with Crippen LogP contribution in [0.2, 0.25) is 0 Å². The number of hydrogen-bond donors (Lipinski definition) is 0. The molecule has 0 unspecified atom stereocenters. The van der Waals surface area contributed by atoms with Gasteiger partial charge in [-0.15, -0.1) is 0 Å². The van der Waals surface area contributed by atoms with Gasteiger partial charge in [0, 0.05) is 65.9 Å². The van der Waals surface area contributed by atoms with E-state index in [1.54, 1.807) is 0 Å². The molecule has 6 heteroatoms. The summed E-state index contributed by atoms with van der Waals surface area (Å²) in [4.78, 5) is 20.9. The second-order valence-electron chi connectivity index (χ2n) is 16.3. The van der Waals surface area contributed by atoms with Crippen LogP contribution < -0.4 is 0 Å². The van der Waals surface area contributed by atoms with E-state index in [1.165, 1.54) is 16.2 Å². The van der Waals surface area contributed by atoms with Gasteiger partial charge in [-0.3, -0.25) is 0 Å². The van der Waals surface area contributed by atoms with Crippen LogP contribution in [-0.2, 0) is 0 Å². The largest absolute Gasteiger partial charge is 0.309 e. The van der Waals surface area contributed by atoms with E-state index in [-0.39, 0.29) is 0 Å². The highest BCUT2D eigenvalue weighted by Crippen LogP contribution is 2.41. The van der Waals surface area contributed by atoms with Crippen molar-refractivity contribution in [2.75, 3.05) is 0 Å². The Hall–Kier alpha value is -8.74. The third kappa shape index (κ3) is 5.73. The normalized spacial score (nSPS) is 11.8. The summed E-state index contributed by atoms with van der Waals surface area (Å²) in [7, 11) is 0. The van der Waals surface area contributed by atoms with Crippen molar-refractivity contribution in [2.24, 2.45) is 0 Å². The van der Waals surface area contributed by atoms with Crippen LogP contribution in [0.4, 0.5) is 0 Å². The number of aromatic nitrogens is 6. The van der Waals surface area contributed by atoms with Crippen LogP contribution in [-0.4, -0.2) is 29.1 Å². The molecule has 0 N–H and O–H groups in total. The van der Waals surface area contributed by atoms with Crippen LogP contribution in [0.5, 0.6) is 0 Å².